The van der Waals surface area contributed by atoms with Crippen LogP contribution in [0.5, 0.6) is 0 Å². The molecule has 0 aliphatic carbocycles. The lowest BCUT2D eigenvalue weighted by atomic mass is 10.3. The number of anilines is 1. The molecule has 0 aromatic carbocycles. The van der Waals surface area contributed by atoms with Crippen LogP contribution in [0, 0.1) is 0 Å². The largest absolute Gasteiger partial charge is 0.459 e. The molecule has 0 N–H and O–H groups in total. The summed E-state index contributed by atoms with van der Waals surface area (Å²) >= 11 is 2.86. The quantitative estimate of drug-likeness (QED) is 0.529. The minimum absolute atomic E-state index is 0.0646. The molecule has 0 radical (unpaired) electrons. The number of carbonyl (C=O) groups is 2. The second kappa shape index (κ2) is 8.87. The first-order valence-corrected chi connectivity index (χ1v) is 10.1. The number of carbonyl (C=O) groups excluding carboxylic acids is 2. The number of rotatable bonds is 8. The Kier molecular flexibility index (Phi) is 6.30. The van der Waals surface area contributed by atoms with E-state index in [1.165, 1.54) is 29.6 Å². The van der Waals surface area contributed by atoms with E-state index in [1.54, 1.807) is 10.3 Å². The van der Waals surface area contributed by atoms with Crippen molar-refractivity contribution in [3.8, 4) is 10.7 Å². The van der Waals surface area contributed by atoms with Gasteiger partial charge in [-0.2, -0.15) is 4.98 Å². The van der Waals surface area contributed by atoms with E-state index in [2.05, 4.69) is 15.1 Å². The maximum Gasteiger partial charge on any atom is 0.306 e. The number of ether oxygens (including phenoxy) is 1. The zero-order valence-corrected chi connectivity index (χ0v) is 16.5. The van der Waals surface area contributed by atoms with Crippen LogP contribution in [0.1, 0.15) is 31.9 Å². The predicted octanol–water partition coefficient (Wildman–Crippen LogP) is 3.30. The van der Waals surface area contributed by atoms with Gasteiger partial charge in [0.1, 0.15) is 6.61 Å². The molecular weight excluding hydrogens is 388 g/mol. The number of aryl methyl sites for hydroxylation is 1. The molecule has 27 heavy (non-hydrogen) atoms. The first kappa shape index (κ1) is 19.2. The van der Waals surface area contributed by atoms with Crippen molar-refractivity contribution in [1.82, 2.24) is 15.1 Å². The molecule has 0 fully saturated rings. The van der Waals surface area contributed by atoms with Gasteiger partial charge in [-0.15, -0.1) is 22.7 Å². The summed E-state index contributed by atoms with van der Waals surface area (Å²) in [6, 6.07) is 3.81. The minimum atomic E-state index is -0.376. The summed E-state index contributed by atoms with van der Waals surface area (Å²) in [6.07, 6.45) is 0.449. The highest BCUT2D eigenvalue weighted by Crippen LogP contribution is 2.22. The summed E-state index contributed by atoms with van der Waals surface area (Å²) in [5.41, 5.74) is 0.612. The Balaban J connectivity index is 1.46. The summed E-state index contributed by atoms with van der Waals surface area (Å²) < 4.78 is 10.4. The van der Waals surface area contributed by atoms with Gasteiger partial charge in [0.15, 0.2) is 5.13 Å². The first-order chi connectivity index (χ1) is 13.1. The summed E-state index contributed by atoms with van der Waals surface area (Å²) in [6.45, 7) is 3.98. The summed E-state index contributed by atoms with van der Waals surface area (Å²) in [5, 5.41) is 8.21. The molecule has 0 atom stereocenters. The molecule has 0 saturated heterocycles. The Morgan fingerprint density at radius 3 is 2.85 bits per heavy atom. The predicted molar refractivity (Wildman–Crippen MR) is 102 cm³/mol. The molecule has 8 nitrogen and oxygen atoms in total. The van der Waals surface area contributed by atoms with E-state index >= 15 is 0 Å². The van der Waals surface area contributed by atoms with Crippen molar-refractivity contribution in [2.45, 2.75) is 33.3 Å². The molecule has 3 rings (SSSR count). The van der Waals surface area contributed by atoms with Crippen LogP contribution in [-0.4, -0.2) is 33.5 Å². The first-order valence-electron chi connectivity index (χ1n) is 8.31. The Bertz CT molecular complexity index is 904. The maximum absolute atomic E-state index is 11.9. The second-order valence-electron chi connectivity index (χ2n) is 5.53. The number of amides is 1. The van der Waals surface area contributed by atoms with Crippen molar-refractivity contribution in [3.05, 3.63) is 34.5 Å². The normalized spacial score (nSPS) is 10.7. The van der Waals surface area contributed by atoms with Crippen LogP contribution in [0.3, 0.4) is 0 Å². The molecule has 3 aromatic heterocycles. The van der Waals surface area contributed by atoms with Crippen LogP contribution >= 0.6 is 22.7 Å². The van der Waals surface area contributed by atoms with Gasteiger partial charge in [-0.1, -0.05) is 11.2 Å². The molecule has 142 valence electrons. The van der Waals surface area contributed by atoms with E-state index in [1.807, 2.05) is 24.4 Å². The minimum Gasteiger partial charge on any atom is -0.459 e. The van der Waals surface area contributed by atoms with Crippen LogP contribution in [0.25, 0.3) is 10.7 Å². The highest BCUT2D eigenvalue weighted by Gasteiger charge is 2.15. The van der Waals surface area contributed by atoms with Gasteiger partial charge in [0, 0.05) is 25.3 Å². The highest BCUT2D eigenvalue weighted by atomic mass is 32.1. The molecule has 0 aliphatic rings. The number of nitrogens with zero attached hydrogens (tertiary/aromatic N) is 4. The van der Waals surface area contributed by atoms with Gasteiger partial charge in [-0.05, 0) is 18.4 Å². The summed E-state index contributed by atoms with van der Waals surface area (Å²) in [7, 11) is 0. The Morgan fingerprint density at radius 1 is 1.30 bits per heavy atom. The number of esters is 1. The highest BCUT2D eigenvalue weighted by molar-refractivity contribution is 7.14. The lowest BCUT2D eigenvalue weighted by Gasteiger charge is -2.14. The number of thiophene rings is 1. The molecule has 3 aromatic rings. The molecule has 3 heterocycles. The second-order valence-corrected chi connectivity index (χ2v) is 7.32. The van der Waals surface area contributed by atoms with E-state index in [-0.39, 0.29) is 24.9 Å². The molecule has 0 bridgehead atoms. The molecule has 0 unspecified atom stereocenters. The van der Waals surface area contributed by atoms with E-state index in [4.69, 9.17) is 9.26 Å². The number of hydrogen-bond acceptors (Lipinski definition) is 9. The van der Waals surface area contributed by atoms with Crippen molar-refractivity contribution in [3.63, 3.8) is 0 Å². The third kappa shape index (κ3) is 4.98. The van der Waals surface area contributed by atoms with Crippen LogP contribution in [0.15, 0.2) is 27.4 Å². The standard InChI is InChI=1S/C17H18N4O4S2/c1-3-21(11(2)22)17-18-12(10-27-17)9-24-15(23)7-6-14-19-16(20-25-14)13-5-4-8-26-13/h4-5,8,10H,3,6-7,9H2,1-2H3. The van der Waals surface area contributed by atoms with Gasteiger partial charge in [-0.3, -0.25) is 14.5 Å². The van der Waals surface area contributed by atoms with Crippen LogP contribution in [0.2, 0.25) is 0 Å². The lowest BCUT2D eigenvalue weighted by molar-refractivity contribution is -0.145. The van der Waals surface area contributed by atoms with Crippen LogP contribution < -0.4 is 4.90 Å². The van der Waals surface area contributed by atoms with E-state index in [9.17, 15) is 9.59 Å². The topological polar surface area (TPSA) is 98.4 Å². The van der Waals surface area contributed by atoms with Gasteiger partial charge in [-0.25, -0.2) is 4.98 Å². The fourth-order valence-electron chi connectivity index (χ4n) is 2.28. The average Bonchev–Trinajstić information content (AvgIpc) is 3.39. The third-order valence-corrected chi connectivity index (χ3v) is 5.38. The summed E-state index contributed by atoms with van der Waals surface area (Å²) in [5.74, 6) is 0.469. The monoisotopic (exact) mass is 406 g/mol. The number of hydrogen-bond donors (Lipinski definition) is 0. The van der Waals surface area contributed by atoms with Crippen molar-refractivity contribution in [2.24, 2.45) is 0 Å². The van der Waals surface area contributed by atoms with E-state index in [0.717, 1.165) is 4.88 Å². The van der Waals surface area contributed by atoms with E-state index in [0.29, 0.717) is 35.5 Å². The van der Waals surface area contributed by atoms with Crippen LogP contribution in [0.4, 0.5) is 5.13 Å². The van der Waals surface area contributed by atoms with Gasteiger partial charge in [0.2, 0.25) is 17.6 Å². The molecule has 0 spiro atoms. The maximum atomic E-state index is 11.9. The van der Waals surface area contributed by atoms with Gasteiger partial charge >= 0.3 is 5.97 Å². The third-order valence-electron chi connectivity index (χ3n) is 3.60. The van der Waals surface area contributed by atoms with Crippen molar-refractivity contribution in [1.29, 1.82) is 0 Å². The van der Waals surface area contributed by atoms with Crippen molar-refractivity contribution < 1.29 is 18.8 Å². The van der Waals surface area contributed by atoms with Gasteiger partial charge in [0.25, 0.3) is 0 Å². The Morgan fingerprint density at radius 2 is 2.15 bits per heavy atom. The molecular formula is C17H18N4O4S2. The Labute approximate surface area is 163 Å². The molecule has 0 saturated carbocycles. The SMILES string of the molecule is CCN(C(C)=O)c1nc(COC(=O)CCc2nc(-c3cccs3)no2)cs1. The number of aromatic nitrogens is 3. The zero-order chi connectivity index (χ0) is 19.2. The van der Waals surface area contributed by atoms with E-state index < -0.39 is 0 Å². The van der Waals surface area contributed by atoms with Gasteiger partial charge < -0.3 is 9.26 Å². The van der Waals surface area contributed by atoms with Crippen LogP contribution in [-0.2, 0) is 27.4 Å². The van der Waals surface area contributed by atoms with Crippen molar-refractivity contribution in [2.75, 3.05) is 11.4 Å². The fraction of sp³-hybridized carbons (Fsp3) is 0.353. The Hall–Kier alpha value is -2.59. The molecule has 1 amide bonds. The number of thiazole rings is 1. The van der Waals surface area contributed by atoms with Crippen molar-refractivity contribution >= 4 is 39.7 Å². The fourth-order valence-corrected chi connectivity index (χ4v) is 3.84. The van der Waals surface area contributed by atoms with Gasteiger partial charge in [0.05, 0.1) is 17.0 Å². The smallest absolute Gasteiger partial charge is 0.306 e. The molecule has 0 aliphatic heterocycles. The summed E-state index contributed by atoms with van der Waals surface area (Å²) in [4.78, 5) is 34.5. The lowest BCUT2D eigenvalue weighted by Crippen LogP contribution is -2.27. The average molecular weight is 406 g/mol. The zero-order valence-electron chi connectivity index (χ0n) is 14.9. The molecule has 10 heteroatoms.